The van der Waals surface area contributed by atoms with Crippen LogP contribution in [-0.2, 0) is 12.0 Å². The maximum atomic E-state index is 10.3. The van der Waals surface area contributed by atoms with Crippen molar-refractivity contribution < 1.29 is 9.63 Å². The highest BCUT2D eigenvalue weighted by atomic mass is 16.5. The molecular weight excluding hydrogens is 242 g/mol. The van der Waals surface area contributed by atoms with E-state index < -0.39 is 5.60 Å². The summed E-state index contributed by atoms with van der Waals surface area (Å²) in [6.07, 6.45) is 1.60. The van der Waals surface area contributed by atoms with Crippen LogP contribution in [-0.4, -0.2) is 28.3 Å². The van der Waals surface area contributed by atoms with Gasteiger partial charge < -0.3 is 14.9 Å². The highest BCUT2D eigenvalue weighted by Gasteiger charge is 2.38. The van der Waals surface area contributed by atoms with E-state index in [0.717, 1.165) is 18.5 Å². The molecule has 1 unspecified atom stereocenters. The first-order valence-corrected chi connectivity index (χ1v) is 6.58. The van der Waals surface area contributed by atoms with Crippen molar-refractivity contribution in [3.8, 4) is 11.4 Å². The highest BCUT2D eigenvalue weighted by molar-refractivity contribution is 5.54. The summed E-state index contributed by atoms with van der Waals surface area (Å²) in [6.45, 7) is 3.34. The Labute approximate surface area is 111 Å². The lowest BCUT2D eigenvalue weighted by Gasteiger charge is -2.14. The molecule has 1 aromatic heterocycles. The first-order valence-electron chi connectivity index (χ1n) is 6.58. The van der Waals surface area contributed by atoms with Gasteiger partial charge in [0.05, 0.1) is 0 Å². The molecule has 0 aliphatic carbocycles. The van der Waals surface area contributed by atoms with Crippen LogP contribution in [0.5, 0.6) is 0 Å². The van der Waals surface area contributed by atoms with E-state index in [0.29, 0.717) is 24.7 Å². The Kier molecular flexibility index (Phi) is 3.08. The van der Waals surface area contributed by atoms with Crippen LogP contribution < -0.4 is 5.32 Å². The average Bonchev–Trinajstić information content (AvgIpc) is 3.08. The van der Waals surface area contributed by atoms with Crippen molar-refractivity contribution in [2.75, 3.05) is 13.1 Å². The van der Waals surface area contributed by atoms with Gasteiger partial charge in [0.2, 0.25) is 5.82 Å². The second-order valence-corrected chi connectivity index (χ2v) is 4.93. The third-order valence-corrected chi connectivity index (χ3v) is 3.58. The molecule has 1 aliphatic rings. The predicted molar refractivity (Wildman–Crippen MR) is 70.5 cm³/mol. The number of aryl methyl sites for hydroxylation is 1. The molecule has 2 heterocycles. The Morgan fingerprint density at radius 2 is 2.16 bits per heavy atom. The van der Waals surface area contributed by atoms with Crippen molar-refractivity contribution in [3.05, 3.63) is 35.7 Å². The maximum Gasteiger partial charge on any atom is 0.260 e. The number of hydrogen-bond acceptors (Lipinski definition) is 5. The molecule has 3 rings (SSSR count). The van der Waals surface area contributed by atoms with Crippen LogP contribution in [0.2, 0.25) is 0 Å². The largest absolute Gasteiger partial charge is 0.379 e. The first-order chi connectivity index (χ1) is 9.21. The first kappa shape index (κ1) is 12.3. The van der Waals surface area contributed by atoms with E-state index in [9.17, 15) is 5.11 Å². The fraction of sp³-hybridized carbons (Fsp3) is 0.429. The van der Waals surface area contributed by atoms with E-state index >= 15 is 0 Å². The lowest BCUT2D eigenvalue weighted by atomic mass is 10.0. The summed E-state index contributed by atoms with van der Waals surface area (Å²) in [5.74, 6) is 0.824. The van der Waals surface area contributed by atoms with Crippen molar-refractivity contribution in [1.82, 2.24) is 15.5 Å². The number of aliphatic hydroxyl groups is 1. The Hall–Kier alpha value is -1.72. The van der Waals surface area contributed by atoms with Crippen molar-refractivity contribution in [2.24, 2.45) is 0 Å². The molecule has 2 N–H and O–H groups in total. The predicted octanol–water partition coefficient (Wildman–Crippen LogP) is 1.48. The van der Waals surface area contributed by atoms with Crippen LogP contribution in [0.3, 0.4) is 0 Å². The van der Waals surface area contributed by atoms with E-state index in [2.05, 4.69) is 34.5 Å². The Morgan fingerprint density at radius 3 is 2.79 bits per heavy atom. The number of benzene rings is 1. The monoisotopic (exact) mass is 259 g/mol. The van der Waals surface area contributed by atoms with Crippen molar-refractivity contribution in [3.63, 3.8) is 0 Å². The summed E-state index contributed by atoms with van der Waals surface area (Å²) in [4.78, 5) is 4.32. The van der Waals surface area contributed by atoms with E-state index in [1.54, 1.807) is 0 Å². The molecule has 1 aliphatic heterocycles. The number of nitrogens with zero attached hydrogens (tertiary/aromatic N) is 2. The van der Waals surface area contributed by atoms with Crippen LogP contribution in [0, 0.1) is 0 Å². The van der Waals surface area contributed by atoms with Gasteiger partial charge in [0.15, 0.2) is 5.60 Å². The van der Waals surface area contributed by atoms with Gasteiger partial charge in [0.1, 0.15) is 0 Å². The van der Waals surface area contributed by atoms with Gasteiger partial charge in [0, 0.05) is 12.1 Å². The summed E-state index contributed by atoms with van der Waals surface area (Å²) in [6, 6.07) is 8.06. The summed E-state index contributed by atoms with van der Waals surface area (Å²) in [5, 5.41) is 17.4. The van der Waals surface area contributed by atoms with Crippen LogP contribution in [0.15, 0.2) is 28.8 Å². The van der Waals surface area contributed by atoms with Gasteiger partial charge in [-0.25, -0.2) is 0 Å². The molecule has 0 bridgehead atoms. The third-order valence-electron chi connectivity index (χ3n) is 3.58. The van der Waals surface area contributed by atoms with Gasteiger partial charge >= 0.3 is 0 Å². The van der Waals surface area contributed by atoms with Crippen molar-refractivity contribution in [2.45, 2.75) is 25.4 Å². The number of rotatable bonds is 3. The Bertz CT molecular complexity index is 556. The molecule has 2 aromatic rings. The topological polar surface area (TPSA) is 71.2 Å². The molecule has 1 saturated heterocycles. The highest BCUT2D eigenvalue weighted by Crippen LogP contribution is 2.28. The van der Waals surface area contributed by atoms with Crippen molar-refractivity contribution in [1.29, 1.82) is 0 Å². The number of hydrogen-bond donors (Lipinski definition) is 2. The minimum Gasteiger partial charge on any atom is -0.379 e. The minimum atomic E-state index is -1.02. The fourth-order valence-corrected chi connectivity index (χ4v) is 2.28. The van der Waals surface area contributed by atoms with E-state index in [-0.39, 0.29) is 0 Å². The zero-order chi connectivity index (χ0) is 13.3. The SMILES string of the molecule is CCc1ccc(-c2noc(C3(O)CCNC3)n2)cc1. The lowest BCUT2D eigenvalue weighted by Crippen LogP contribution is -2.28. The van der Waals surface area contributed by atoms with E-state index in [4.69, 9.17) is 4.52 Å². The quantitative estimate of drug-likeness (QED) is 0.873. The van der Waals surface area contributed by atoms with Crippen molar-refractivity contribution >= 4 is 0 Å². The molecule has 1 fully saturated rings. The molecule has 5 nitrogen and oxygen atoms in total. The number of aromatic nitrogens is 2. The molecule has 1 atom stereocenters. The van der Waals surface area contributed by atoms with Gasteiger partial charge in [-0.1, -0.05) is 36.3 Å². The molecule has 0 spiro atoms. The Morgan fingerprint density at radius 1 is 1.37 bits per heavy atom. The standard InChI is InChI=1S/C14H17N3O2/c1-2-10-3-5-11(6-4-10)12-16-13(19-17-12)14(18)7-8-15-9-14/h3-6,15,18H,2,7-9H2,1H3. The van der Waals surface area contributed by atoms with E-state index in [1.807, 2.05) is 12.1 Å². The second-order valence-electron chi connectivity index (χ2n) is 4.93. The summed E-state index contributed by atoms with van der Waals surface area (Å²) < 4.78 is 5.21. The molecule has 0 radical (unpaired) electrons. The maximum absolute atomic E-state index is 10.3. The second kappa shape index (κ2) is 4.75. The molecule has 19 heavy (non-hydrogen) atoms. The fourth-order valence-electron chi connectivity index (χ4n) is 2.28. The summed E-state index contributed by atoms with van der Waals surface area (Å²) >= 11 is 0. The zero-order valence-electron chi connectivity index (χ0n) is 10.9. The minimum absolute atomic E-state index is 0.298. The average molecular weight is 259 g/mol. The van der Waals surface area contributed by atoms with Gasteiger partial charge in [-0.15, -0.1) is 0 Å². The van der Waals surface area contributed by atoms with Gasteiger partial charge in [-0.3, -0.25) is 0 Å². The molecule has 1 aromatic carbocycles. The van der Waals surface area contributed by atoms with Gasteiger partial charge in [0.25, 0.3) is 5.89 Å². The van der Waals surface area contributed by atoms with Crippen LogP contribution in [0.4, 0.5) is 0 Å². The van der Waals surface area contributed by atoms with Crippen LogP contribution >= 0.6 is 0 Å². The van der Waals surface area contributed by atoms with E-state index in [1.165, 1.54) is 5.56 Å². The smallest absolute Gasteiger partial charge is 0.260 e. The summed E-state index contributed by atoms with van der Waals surface area (Å²) in [7, 11) is 0. The van der Waals surface area contributed by atoms with Gasteiger partial charge in [-0.2, -0.15) is 4.98 Å². The normalized spacial score (nSPS) is 22.8. The molecule has 0 saturated carbocycles. The van der Waals surface area contributed by atoms with Crippen LogP contribution in [0.25, 0.3) is 11.4 Å². The molecular formula is C14H17N3O2. The zero-order valence-corrected chi connectivity index (χ0v) is 10.9. The molecule has 0 amide bonds. The number of β-amino-alcohol motifs (C(OH)–C–C–N with tert-alkyl or cyclic N) is 1. The summed E-state index contributed by atoms with van der Waals surface area (Å²) in [5.41, 5.74) is 1.15. The Balaban J connectivity index is 1.87. The third kappa shape index (κ3) is 2.27. The molecule has 5 heteroatoms. The van der Waals surface area contributed by atoms with Gasteiger partial charge in [-0.05, 0) is 24.9 Å². The number of nitrogens with one attached hydrogen (secondary N) is 1. The lowest BCUT2D eigenvalue weighted by molar-refractivity contribution is 0.0243. The molecule has 100 valence electrons. The van der Waals surface area contributed by atoms with Crippen LogP contribution in [0.1, 0.15) is 24.8 Å².